The van der Waals surface area contributed by atoms with Crippen molar-refractivity contribution in [3.63, 3.8) is 0 Å². The van der Waals surface area contributed by atoms with Crippen molar-refractivity contribution in [3.8, 4) is 0 Å². The molecule has 2 saturated heterocycles. The Morgan fingerprint density at radius 1 is 1.10 bits per heavy atom. The van der Waals surface area contributed by atoms with Gasteiger partial charge in [-0.05, 0) is 22.4 Å². The van der Waals surface area contributed by atoms with Gasteiger partial charge >= 0.3 is 0 Å². The van der Waals surface area contributed by atoms with Crippen LogP contribution in [0.5, 0.6) is 0 Å². The van der Waals surface area contributed by atoms with Crippen LogP contribution in [0.2, 0.25) is 0 Å². The minimum Gasteiger partial charge on any atom is -0.314 e. The van der Waals surface area contributed by atoms with Crippen LogP contribution in [0.25, 0.3) is 10.1 Å². The summed E-state index contributed by atoms with van der Waals surface area (Å²) in [5.41, 5.74) is 1.50. The second kappa shape index (κ2) is 5.45. The van der Waals surface area contributed by atoms with Gasteiger partial charge in [-0.15, -0.1) is 11.3 Å². The summed E-state index contributed by atoms with van der Waals surface area (Å²) in [5.74, 6) is 0. The molecule has 1 N–H and O–H groups in total. The number of thiophene rings is 1. The smallest absolute Gasteiger partial charge is 0.0346 e. The average Bonchev–Trinajstić information content (AvgIpc) is 2.83. The van der Waals surface area contributed by atoms with Crippen LogP contribution >= 0.6 is 11.3 Å². The lowest BCUT2D eigenvalue weighted by atomic mass is 10.1. The van der Waals surface area contributed by atoms with Crippen LogP contribution in [0, 0.1) is 0 Å². The third-order valence-corrected chi connectivity index (χ3v) is 5.65. The summed E-state index contributed by atoms with van der Waals surface area (Å²) in [7, 11) is 0. The van der Waals surface area contributed by atoms with E-state index in [-0.39, 0.29) is 0 Å². The van der Waals surface area contributed by atoms with E-state index in [0.717, 1.165) is 12.6 Å². The normalized spacial score (nSPS) is 22.2. The molecule has 2 aromatic rings. The van der Waals surface area contributed by atoms with Crippen LogP contribution in [-0.2, 0) is 6.54 Å². The molecule has 0 amide bonds. The molecule has 0 saturated carbocycles. The summed E-state index contributed by atoms with van der Waals surface area (Å²) in [4.78, 5) is 5.26. The molecule has 4 rings (SSSR count). The third-order valence-electron chi connectivity index (χ3n) is 4.64. The molecule has 2 fully saturated rings. The van der Waals surface area contributed by atoms with Crippen LogP contribution in [0.3, 0.4) is 0 Å². The Balaban J connectivity index is 1.40. The SMILES string of the molecule is c1ccc2c(CN3CCN(C4CNC4)CC3)csc2c1. The summed E-state index contributed by atoms with van der Waals surface area (Å²) in [5, 5.41) is 7.16. The molecule has 0 radical (unpaired) electrons. The molecule has 0 bridgehead atoms. The molecule has 0 atom stereocenters. The van der Waals surface area contributed by atoms with Gasteiger partial charge in [-0.3, -0.25) is 9.80 Å². The summed E-state index contributed by atoms with van der Waals surface area (Å²) in [6.45, 7) is 8.37. The molecular formula is C16H21N3S. The lowest BCUT2D eigenvalue weighted by molar-refractivity contribution is 0.0698. The zero-order chi connectivity index (χ0) is 13.4. The highest BCUT2D eigenvalue weighted by molar-refractivity contribution is 7.17. The number of nitrogens with zero attached hydrogens (tertiary/aromatic N) is 2. The van der Waals surface area contributed by atoms with Crippen molar-refractivity contribution in [1.82, 2.24) is 15.1 Å². The van der Waals surface area contributed by atoms with Crippen molar-refractivity contribution in [1.29, 1.82) is 0 Å². The Kier molecular flexibility index (Phi) is 3.48. The second-order valence-corrected chi connectivity index (χ2v) is 6.79. The Bertz CT molecular complexity index is 582. The van der Waals surface area contributed by atoms with Gasteiger partial charge in [0.25, 0.3) is 0 Å². The van der Waals surface area contributed by atoms with E-state index in [1.165, 1.54) is 54.9 Å². The maximum atomic E-state index is 3.37. The predicted molar refractivity (Wildman–Crippen MR) is 85.3 cm³/mol. The van der Waals surface area contributed by atoms with Gasteiger partial charge in [-0.2, -0.15) is 0 Å². The van der Waals surface area contributed by atoms with Crippen LogP contribution in [0.15, 0.2) is 29.6 Å². The van der Waals surface area contributed by atoms with E-state index in [4.69, 9.17) is 0 Å². The van der Waals surface area contributed by atoms with Gasteiger partial charge in [0.05, 0.1) is 0 Å². The first-order chi connectivity index (χ1) is 9.90. The molecule has 2 aliphatic heterocycles. The highest BCUT2D eigenvalue weighted by Gasteiger charge is 2.27. The Labute approximate surface area is 124 Å². The number of benzene rings is 1. The monoisotopic (exact) mass is 287 g/mol. The molecule has 20 heavy (non-hydrogen) atoms. The van der Waals surface area contributed by atoms with E-state index in [0.29, 0.717) is 0 Å². The molecule has 1 aromatic carbocycles. The largest absolute Gasteiger partial charge is 0.314 e. The van der Waals surface area contributed by atoms with E-state index in [2.05, 4.69) is 44.8 Å². The van der Waals surface area contributed by atoms with Gasteiger partial charge in [-0.1, -0.05) is 18.2 Å². The van der Waals surface area contributed by atoms with E-state index in [1.54, 1.807) is 0 Å². The van der Waals surface area contributed by atoms with Crippen LogP contribution in [0.1, 0.15) is 5.56 Å². The lowest BCUT2D eigenvalue weighted by Gasteiger charge is -2.43. The number of hydrogen-bond acceptors (Lipinski definition) is 4. The highest BCUT2D eigenvalue weighted by Crippen LogP contribution is 2.27. The minimum atomic E-state index is 0.805. The number of rotatable bonds is 3. The number of piperazine rings is 1. The second-order valence-electron chi connectivity index (χ2n) is 5.88. The molecule has 0 unspecified atom stereocenters. The Morgan fingerprint density at radius 2 is 1.90 bits per heavy atom. The molecule has 3 heterocycles. The lowest BCUT2D eigenvalue weighted by Crippen LogP contribution is -2.61. The molecule has 2 aliphatic rings. The fourth-order valence-corrected chi connectivity index (χ4v) is 4.17. The van der Waals surface area contributed by atoms with Crippen molar-refractivity contribution < 1.29 is 0 Å². The van der Waals surface area contributed by atoms with Crippen LogP contribution < -0.4 is 5.32 Å². The molecule has 0 aliphatic carbocycles. The standard InChI is InChI=1S/C16H21N3S/c1-2-4-16-15(3-1)13(12-20-16)11-18-5-7-19(8-6-18)14-9-17-10-14/h1-4,12,14,17H,5-11H2. The zero-order valence-corrected chi connectivity index (χ0v) is 12.5. The quantitative estimate of drug-likeness (QED) is 0.931. The molecule has 4 heteroatoms. The van der Waals surface area contributed by atoms with Gasteiger partial charge in [0, 0.05) is 56.6 Å². The predicted octanol–water partition coefficient (Wildman–Crippen LogP) is 1.99. The molecular weight excluding hydrogens is 266 g/mol. The van der Waals surface area contributed by atoms with E-state index < -0.39 is 0 Å². The summed E-state index contributed by atoms with van der Waals surface area (Å²) in [6.07, 6.45) is 0. The first-order valence-electron chi connectivity index (χ1n) is 7.52. The number of fused-ring (bicyclic) bond motifs is 1. The summed E-state index contributed by atoms with van der Waals surface area (Å²) >= 11 is 1.88. The van der Waals surface area contributed by atoms with Gasteiger partial charge in [0.15, 0.2) is 0 Å². The molecule has 3 nitrogen and oxygen atoms in total. The van der Waals surface area contributed by atoms with E-state index in [1.807, 2.05) is 11.3 Å². The summed E-state index contributed by atoms with van der Waals surface area (Å²) in [6, 6.07) is 9.58. The highest BCUT2D eigenvalue weighted by atomic mass is 32.1. The minimum absolute atomic E-state index is 0.805. The maximum absolute atomic E-state index is 3.37. The fraction of sp³-hybridized carbons (Fsp3) is 0.500. The zero-order valence-electron chi connectivity index (χ0n) is 11.7. The Morgan fingerprint density at radius 3 is 2.65 bits per heavy atom. The van der Waals surface area contributed by atoms with Crippen molar-refractivity contribution in [3.05, 3.63) is 35.2 Å². The van der Waals surface area contributed by atoms with Crippen molar-refractivity contribution in [2.45, 2.75) is 12.6 Å². The van der Waals surface area contributed by atoms with Crippen molar-refractivity contribution in [2.75, 3.05) is 39.3 Å². The van der Waals surface area contributed by atoms with Crippen molar-refractivity contribution >= 4 is 21.4 Å². The van der Waals surface area contributed by atoms with E-state index in [9.17, 15) is 0 Å². The molecule has 0 spiro atoms. The third kappa shape index (κ3) is 2.37. The first-order valence-corrected chi connectivity index (χ1v) is 8.40. The van der Waals surface area contributed by atoms with Gasteiger partial charge in [0.1, 0.15) is 0 Å². The number of hydrogen-bond donors (Lipinski definition) is 1. The fourth-order valence-electron chi connectivity index (χ4n) is 3.21. The van der Waals surface area contributed by atoms with Crippen molar-refractivity contribution in [2.24, 2.45) is 0 Å². The van der Waals surface area contributed by atoms with Gasteiger partial charge in [-0.25, -0.2) is 0 Å². The molecule has 106 valence electrons. The molecule has 1 aromatic heterocycles. The van der Waals surface area contributed by atoms with E-state index >= 15 is 0 Å². The van der Waals surface area contributed by atoms with Crippen LogP contribution in [0.4, 0.5) is 0 Å². The van der Waals surface area contributed by atoms with Gasteiger partial charge < -0.3 is 5.32 Å². The summed E-state index contributed by atoms with van der Waals surface area (Å²) < 4.78 is 1.42. The van der Waals surface area contributed by atoms with Crippen LogP contribution in [-0.4, -0.2) is 55.1 Å². The number of nitrogens with one attached hydrogen (secondary N) is 1. The average molecular weight is 287 g/mol. The first kappa shape index (κ1) is 12.8. The van der Waals surface area contributed by atoms with Gasteiger partial charge in [0.2, 0.25) is 0 Å². The topological polar surface area (TPSA) is 18.5 Å². The maximum Gasteiger partial charge on any atom is 0.0346 e. The Hall–Kier alpha value is -0.940.